The van der Waals surface area contributed by atoms with Gasteiger partial charge < -0.3 is 4.66 Å². The Balaban J connectivity index is 0. The van der Waals surface area contributed by atoms with Gasteiger partial charge >= 0.3 is 0 Å². The third-order valence-corrected chi connectivity index (χ3v) is 2.86. The predicted molar refractivity (Wildman–Crippen MR) is 49.4 cm³/mol. The van der Waals surface area contributed by atoms with Crippen LogP contribution in [0.1, 0.15) is 47.5 Å². The molecule has 0 N–H and O–H groups in total. The van der Waals surface area contributed by atoms with Crippen LogP contribution in [-0.4, -0.2) is 0 Å². The smallest absolute Gasteiger partial charge is 0.0331 e. The highest BCUT2D eigenvalue weighted by molar-refractivity contribution is 6.02. The molecular formula is C9H20ClO-. The minimum Gasteiger partial charge on any atom is -0.769 e. The molecule has 0 saturated carbocycles. The molecule has 0 radical (unpaired) electrons. The molecule has 0 rings (SSSR count). The van der Waals surface area contributed by atoms with Crippen molar-refractivity contribution in [3.63, 3.8) is 0 Å². The Labute approximate surface area is 75.9 Å². The molecule has 0 aromatic rings. The Morgan fingerprint density at radius 2 is 1.64 bits per heavy atom. The van der Waals surface area contributed by atoms with E-state index in [0.717, 1.165) is 5.92 Å². The minimum absolute atomic E-state index is 0.550. The quantitative estimate of drug-likeness (QED) is 0.654. The summed E-state index contributed by atoms with van der Waals surface area (Å²) in [7, 11) is 0. The van der Waals surface area contributed by atoms with Crippen molar-refractivity contribution in [2.45, 2.75) is 47.5 Å². The van der Waals surface area contributed by atoms with Crippen molar-refractivity contribution in [3.8, 4) is 0 Å². The first-order valence-electron chi connectivity index (χ1n) is 4.20. The molecule has 0 aromatic heterocycles. The molecule has 11 heavy (non-hydrogen) atoms. The van der Waals surface area contributed by atoms with Crippen LogP contribution in [0.25, 0.3) is 0 Å². The van der Waals surface area contributed by atoms with Gasteiger partial charge in [0.25, 0.3) is 0 Å². The lowest BCUT2D eigenvalue weighted by molar-refractivity contribution is -0.166. The molecular weight excluding hydrogens is 160 g/mol. The zero-order chi connectivity index (χ0) is 9.49. The van der Waals surface area contributed by atoms with E-state index >= 15 is 0 Å². The summed E-state index contributed by atoms with van der Waals surface area (Å²) in [5, 5.41) is 0. The summed E-state index contributed by atoms with van der Waals surface area (Å²) in [5.74, 6) is 0.863. The van der Waals surface area contributed by atoms with Crippen molar-refractivity contribution >= 4 is 11.9 Å². The fraction of sp³-hybridized carbons (Fsp3) is 1.00. The highest BCUT2D eigenvalue weighted by atomic mass is 35.5. The summed E-state index contributed by atoms with van der Waals surface area (Å²) in [6.07, 6.45) is 2.60. The molecule has 0 saturated heterocycles. The minimum atomic E-state index is 0.550. The van der Waals surface area contributed by atoms with Gasteiger partial charge in [-0.25, -0.2) is 11.9 Å². The van der Waals surface area contributed by atoms with Gasteiger partial charge in [0.1, 0.15) is 0 Å². The monoisotopic (exact) mass is 179 g/mol. The van der Waals surface area contributed by atoms with E-state index in [2.05, 4.69) is 46.5 Å². The number of hydrogen-bond acceptors (Lipinski definition) is 1. The largest absolute Gasteiger partial charge is 0.769 e. The first-order chi connectivity index (χ1) is 5.04. The lowest BCUT2D eigenvalue weighted by atomic mass is 9.77. The van der Waals surface area contributed by atoms with Crippen LogP contribution in [0.15, 0.2) is 0 Å². The van der Waals surface area contributed by atoms with Crippen molar-refractivity contribution in [1.82, 2.24) is 0 Å². The molecule has 0 spiro atoms. The number of hydrogen-bond donors (Lipinski definition) is 0. The molecule has 70 valence electrons. The van der Waals surface area contributed by atoms with Crippen LogP contribution in [0.4, 0.5) is 0 Å². The summed E-state index contributed by atoms with van der Waals surface area (Å²) in [6.45, 7) is 11.6. The fourth-order valence-electron chi connectivity index (χ4n) is 0.901. The van der Waals surface area contributed by atoms with Gasteiger partial charge in [-0.05, 0) is 11.3 Å². The second-order valence-electron chi connectivity index (χ2n) is 3.65. The standard InChI is InChI=1S/C9H20.ClO/c1-6-8(3)9(4,5)7-2;1-2/h8H,6-7H2,1-5H3;/q;-1. The van der Waals surface area contributed by atoms with Crippen molar-refractivity contribution in [2.75, 3.05) is 0 Å². The zero-order valence-electron chi connectivity index (χ0n) is 8.28. The fourth-order valence-corrected chi connectivity index (χ4v) is 0.901. The summed E-state index contributed by atoms with van der Waals surface area (Å²) in [4.78, 5) is 0. The van der Waals surface area contributed by atoms with Gasteiger partial charge in [0.15, 0.2) is 0 Å². The Bertz CT molecular complexity index is 81.6. The molecule has 0 amide bonds. The van der Waals surface area contributed by atoms with E-state index in [4.69, 9.17) is 4.66 Å². The van der Waals surface area contributed by atoms with Gasteiger partial charge in [0.05, 0.1) is 0 Å². The molecule has 1 unspecified atom stereocenters. The molecule has 0 aromatic carbocycles. The molecule has 0 aliphatic heterocycles. The second kappa shape index (κ2) is 6.93. The molecule has 1 nitrogen and oxygen atoms in total. The molecule has 0 heterocycles. The van der Waals surface area contributed by atoms with Crippen LogP contribution >= 0.6 is 11.9 Å². The highest BCUT2D eigenvalue weighted by Crippen LogP contribution is 2.31. The maximum atomic E-state index is 7.72. The second-order valence-corrected chi connectivity index (χ2v) is 3.65. The van der Waals surface area contributed by atoms with E-state index in [1.165, 1.54) is 12.8 Å². The first-order valence-corrected chi connectivity index (χ1v) is 4.50. The molecule has 0 aliphatic rings. The van der Waals surface area contributed by atoms with Crippen LogP contribution in [0.5, 0.6) is 0 Å². The maximum Gasteiger partial charge on any atom is -0.0331 e. The van der Waals surface area contributed by atoms with Crippen molar-refractivity contribution < 1.29 is 4.66 Å². The predicted octanol–water partition coefficient (Wildman–Crippen LogP) is 2.97. The number of rotatable bonds is 3. The van der Waals surface area contributed by atoms with Gasteiger partial charge in [-0.15, -0.1) is 0 Å². The summed E-state index contributed by atoms with van der Waals surface area (Å²) < 4.78 is 7.72. The molecule has 0 aliphatic carbocycles. The number of halogens is 1. The van der Waals surface area contributed by atoms with Crippen LogP contribution in [0.3, 0.4) is 0 Å². The van der Waals surface area contributed by atoms with Crippen molar-refractivity contribution in [2.24, 2.45) is 11.3 Å². The SMILES string of the molecule is CCC(C)C(C)(C)CC.[O-]Cl. The molecule has 1 atom stereocenters. The lowest BCUT2D eigenvalue weighted by Crippen LogP contribution is -2.19. The highest BCUT2D eigenvalue weighted by Gasteiger charge is 2.21. The maximum absolute atomic E-state index is 7.72. The molecule has 0 bridgehead atoms. The summed E-state index contributed by atoms with van der Waals surface area (Å²) in [5.41, 5.74) is 0.550. The topological polar surface area (TPSA) is 23.1 Å². The summed E-state index contributed by atoms with van der Waals surface area (Å²) >= 11 is 3.39. The van der Waals surface area contributed by atoms with Gasteiger partial charge in [-0.3, -0.25) is 0 Å². The van der Waals surface area contributed by atoms with E-state index in [1.807, 2.05) is 0 Å². The summed E-state index contributed by atoms with van der Waals surface area (Å²) in [6, 6.07) is 0. The third-order valence-electron chi connectivity index (χ3n) is 2.86. The van der Waals surface area contributed by atoms with Crippen LogP contribution in [-0.2, 0) is 0 Å². The zero-order valence-corrected chi connectivity index (χ0v) is 9.03. The average molecular weight is 180 g/mol. The molecule has 0 fully saturated rings. The lowest BCUT2D eigenvalue weighted by Gasteiger charge is -2.29. The Kier molecular flexibility index (Phi) is 8.70. The van der Waals surface area contributed by atoms with Gasteiger partial charge in [0, 0.05) is 0 Å². The van der Waals surface area contributed by atoms with E-state index in [9.17, 15) is 0 Å². The van der Waals surface area contributed by atoms with E-state index in [0.29, 0.717) is 5.41 Å². The third kappa shape index (κ3) is 5.51. The van der Waals surface area contributed by atoms with Gasteiger partial charge in [-0.2, -0.15) is 0 Å². The normalized spacial score (nSPS) is 13.4. The van der Waals surface area contributed by atoms with Gasteiger partial charge in [-0.1, -0.05) is 47.5 Å². The Hall–Kier alpha value is 0.250. The van der Waals surface area contributed by atoms with Crippen LogP contribution < -0.4 is 4.66 Å². The average Bonchev–Trinajstić information content (AvgIpc) is 2.06. The Morgan fingerprint density at radius 1 is 1.27 bits per heavy atom. The van der Waals surface area contributed by atoms with Crippen LogP contribution in [0, 0.1) is 11.3 Å². The molecule has 2 heteroatoms. The first kappa shape index (κ1) is 13.8. The van der Waals surface area contributed by atoms with Crippen molar-refractivity contribution in [3.05, 3.63) is 0 Å². The van der Waals surface area contributed by atoms with Gasteiger partial charge in [0.2, 0.25) is 0 Å². The van der Waals surface area contributed by atoms with E-state index in [-0.39, 0.29) is 0 Å². The van der Waals surface area contributed by atoms with E-state index < -0.39 is 0 Å². The Morgan fingerprint density at radius 3 is 1.73 bits per heavy atom. The van der Waals surface area contributed by atoms with Crippen molar-refractivity contribution in [1.29, 1.82) is 0 Å². The van der Waals surface area contributed by atoms with Crippen LogP contribution in [0.2, 0.25) is 0 Å². The van der Waals surface area contributed by atoms with E-state index in [1.54, 1.807) is 0 Å².